The van der Waals surface area contributed by atoms with Crippen LogP contribution in [-0.2, 0) is 0 Å². The molecule has 0 saturated carbocycles. The van der Waals surface area contributed by atoms with Gasteiger partial charge in [0.25, 0.3) is 0 Å². The normalized spacial score (nSPS) is 40.9. The topological polar surface area (TPSA) is 12.0 Å². The van der Waals surface area contributed by atoms with E-state index in [0.717, 1.165) is 12.0 Å². The SMILES string of the molecule is C1=CCC2CC(C1)CN2. The first-order valence-electron chi connectivity index (χ1n) is 3.83. The minimum Gasteiger partial charge on any atom is -0.313 e. The highest BCUT2D eigenvalue weighted by atomic mass is 14.9. The fourth-order valence-electron chi connectivity index (χ4n) is 1.81. The van der Waals surface area contributed by atoms with Crippen LogP contribution in [0.5, 0.6) is 0 Å². The van der Waals surface area contributed by atoms with Gasteiger partial charge in [-0.2, -0.15) is 0 Å². The lowest BCUT2D eigenvalue weighted by Crippen LogP contribution is -2.20. The first kappa shape index (κ1) is 5.48. The zero-order chi connectivity index (χ0) is 6.10. The summed E-state index contributed by atoms with van der Waals surface area (Å²) in [4.78, 5) is 0. The molecule has 2 bridgehead atoms. The van der Waals surface area contributed by atoms with Crippen LogP contribution in [0.25, 0.3) is 0 Å². The van der Waals surface area contributed by atoms with Crippen LogP contribution in [0.3, 0.4) is 0 Å². The molecule has 9 heavy (non-hydrogen) atoms. The van der Waals surface area contributed by atoms with Crippen molar-refractivity contribution < 1.29 is 0 Å². The summed E-state index contributed by atoms with van der Waals surface area (Å²) < 4.78 is 0. The molecule has 1 heteroatoms. The average Bonchev–Trinajstić information content (AvgIpc) is 2.09. The van der Waals surface area contributed by atoms with Gasteiger partial charge in [0.1, 0.15) is 0 Å². The summed E-state index contributed by atoms with van der Waals surface area (Å²) in [7, 11) is 0. The van der Waals surface area contributed by atoms with Gasteiger partial charge < -0.3 is 5.32 Å². The highest BCUT2D eigenvalue weighted by molar-refractivity contribution is 4.97. The van der Waals surface area contributed by atoms with Gasteiger partial charge in [-0.15, -0.1) is 0 Å². The Morgan fingerprint density at radius 3 is 3.11 bits per heavy atom. The smallest absolute Gasteiger partial charge is 0.0105 e. The van der Waals surface area contributed by atoms with Crippen molar-refractivity contribution in [2.75, 3.05) is 6.54 Å². The highest BCUT2D eigenvalue weighted by Gasteiger charge is 2.23. The van der Waals surface area contributed by atoms with Crippen molar-refractivity contribution in [1.29, 1.82) is 0 Å². The maximum Gasteiger partial charge on any atom is 0.0105 e. The Morgan fingerprint density at radius 2 is 2.11 bits per heavy atom. The summed E-state index contributed by atoms with van der Waals surface area (Å²) in [6, 6.07) is 0.814. The van der Waals surface area contributed by atoms with Gasteiger partial charge in [0.05, 0.1) is 0 Å². The highest BCUT2D eigenvalue weighted by Crippen LogP contribution is 2.23. The summed E-state index contributed by atoms with van der Waals surface area (Å²) in [5, 5.41) is 3.51. The van der Waals surface area contributed by atoms with Crippen LogP contribution >= 0.6 is 0 Å². The molecule has 0 aromatic heterocycles. The van der Waals surface area contributed by atoms with Crippen molar-refractivity contribution in [3.8, 4) is 0 Å². The van der Waals surface area contributed by atoms with Gasteiger partial charge in [-0.1, -0.05) is 12.2 Å². The Labute approximate surface area is 56.1 Å². The Bertz CT molecular complexity index is 115. The maximum atomic E-state index is 3.51. The molecule has 0 amide bonds. The fraction of sp³-hybridized carbons (Fsp3) is 0.750. The minimum atomic E-state index is 0.814. The number of rotatable bonds is 0. The predicted octanol–water partition coefficient (Wildman–Crippen LogP) is 1.31. The molecule has 1 nitrogen and oxygen atoms in total. The van der Waals surface area contributed by atoms with Crippen LogP contribution in [0.2, 0.25) is 0 Å². The van der Waals surface area contributed by atoms with Crippen molar-refractivity contribution in [3.63, 3.8) is 0 Å². The molecular weight excluding hydrogens is 110 g/mol. The molecule has 2 aliphatic rings. The van der Waals surface area contributed by atoms with Crippen LogP contribution < -0.4 is 5.32 Å². The number of nitrogens with one attached hydrogen (secondary N) is 1. The standard InChI is InChI=1S/C8H13N/c1-2-4-8-5-7(3-1)6-9-8/h1-2,7-9H,3-6H2. The van der Waals surface area contributed by atoms with Gasteiger partial charge in [-0.25, -0.2) is 0 Å². The summed E-state index contributed by atoms with van der Waals surface area (Å²) in [5.74, 6) is 0.953. The molecule has 0 aromatic rings. The Balaban J connectivity index is 2.08. The Morgan fingerprint density at radius 1 is 1.22 bits per heavy atom. The van der Waals surface area contributed by atoms with E-state index in [4.69, 9.17) is 0 Å². The van der Waals surface area contributed by atoms with Crippen LogP contribution in [0.1, 0.15) is 19.3 Å². The van der Waals surface area contributed by atoms with E-state index in [1.165, 1.54) is 25.8 Å². The number of allylic oxidation sites excluding steroid dienone is 1. The molecule has 1 saturated heterocycles. The van der Waals surface area contributed by atoms with Crippen molar-refractivity contribution in [1.82, 2.24) is 5.32 Å². The molecule has 0 aromatic carbocycles. The van der Waals surface area contributed by atoms with Crippen LogP contribution in [0.15, 0.2) is 12.2 Å². The third-order valence-corrected chi connectivity index (χ3v) is 2.37. The predicted molar refractivity (Wildman–Crippen MR) is 38.3 cm³/mol. The van der Waals surface area contributed by atoms with Crippen molar-refractivity contribution in [2.24, 2.45) is 5.92 Å². The van der Waals surface area contributed by atoms with E-state index in [9.17, 15) is 0 Å². The molecule has 1 aliphatic carbocycles. The van der Waals surface area contributed by atoms with E-state index in [2.05, 4.69) is 17.5 Å². The summed E-state index contributed by atoms with van der Waals surface area (Å²) in [5.41, 5.74) is 0. The molecule has 1 heterocycles. The van der Waals surface area contributed by atoms with Gasteiger partial charge >= 0.3 is 0 Å². The zero-order valence-electron chi connectivity index (χ0n) is 5.64. The first-order chi connectivity index (χ1) is 4.45. The monoisotopic (exact) mass is 123 g/mol. The largest absolute Gasteiger partial charge is 0.313 e. The molecule has 2 rings (SSSR count). The quantitative estimate of drug-likeness (QED) is 0.479. The van der Waals surface area contributed by atoms with E-state index in [1.54, 1.807) is 0 Å². The van der Waals surface area contributed by atoms with Gasteiger partial charge in [-0.05, 0) is 31.7 Å². The lowest BCUT2D eigenvalue weighted by Gasteiger charge is -2.03. The molecule has 2 unspecified atom stereocenters. The Hall–Kier alpha value is -0.300. The number of hydrogen-bond acceptors (Lipinski definition) is 1. The van der Waals surface area contributed by atoms with Gasteiger partial charge in [0.2, 0.25) is 0 Å². The second-order valence-corrected chi connectivity index (χ2v) is 3.15. The molecule has 0 spiro atoms. The third kappa shape index (κ3) is 1.01. The molecule has 0 radical (unpaired) electrons. The zero-order valence-corrected chi connectivity index (χ0v) is 5.64. The summed E-state index contributed by atoms with van der Waals surface area (Å²) in [6.45, 7) is 1.26. The van der Waals surface area contributed by atoms with E-state index in [-0.39, 0.29) is 0 Å². The molecule has 1 N–H and O–H groups in total. The first-order valence-corrected chi connectivity index (χ1v) is 3.83. The van der Waals surface area contributed by atoms with E-state index in [0.29, 0.717) is 0 Å². The second-order valence-electron chi connectivity index (χ2n) is 3.15. The maximum absolute atomic E-state index is 3.51. The van der Waals surface area contributed by atoms with Crippen molar-refractivity contribution >= 4 is 0 Å². The van der Waals surface area contributed by atoms with E-state index >= 15 is 0 Å². The van der Waals surface area contributed by atoms with E-state index < -0.39 is 0 Å². The number of fused-ring (bicyclic) bond motifs is 2. The molecule has 1 aliphatic heterocycles. The van der Waals surface area contributed by atoms with Crippen molar-refractivity contribution in [3.05, 3.63) is 12.2 Å². The van der Waals surface area contributed by atoms with Gasteiger partial charge in [0, 0.05) is 6.04 Å². The minimum absolute atomic E-state index is 0.814. The third-order valence-electron chi connectivity index (χ3n) is 2.37. The lowest BCUT2D eigenvalue weighted by molar-refractivity contribution is 0.576. The molecule has 2 atom stereocenters. The van der Waals surface area contributed by atoms with Crippen LogP contribution in [-0.4, -0.2) is 12.6 Å². The van der Waals surface area contributed by atoms with Crippen molar-refractivity contribution in [2.45, 2.75) is 25.3 Å². The van der Waals surface area contributed by atoms with Gasteiger partial charge in [-0.3, -0.25) is 0 Å². The lowest BCUT2D eigenvalue weighted by atomic mass is 10.0. The molecule has 50 valence electrons. The summed E-state index contributed by atoms with van der Waals surface area (Å²) >= 11 is 0. The van der Waals surface area contributed by atoms with Gasteiger partial charge in [0.15, 0.2) is 0 Å². The summed E-state index contributed by atoms with van der Waals surface area (Å²) in [6.07, 6.45) is 8.63. The van der Waals surface area contributed by atoms with E-state index in [1.807, 2.05) is 0 Å². The van der Waals surface area contributed by atoms with Crippen LogP contribution in [0, 0.1) is 5.92 Å². The van der Waals surface area contributed by atoms with Crippen LogP contribution in [0.4, 0.5) is 0 Å². The Kier molecular flexibility index (Phi) is 1.31. The number of hydrogen-bond donors (Lipinski definition) is 1. The molecular formula is C8H13N. The average molecular weight is 123 g/mol. The molecule has 1 fully saturated rings. The fourth-order valence-corrected chi connectivity index (χ4v) is 1.81. The second kappa shape index (κ2) is 2.14.